The summed E-state index contributed by atoms with van der Waals surface area (Å²) in [7, 11) is 0. The van der Waals surface area contributed by atoms with Gasteiger partial charge in [0.15, 0.2) is 0 Å². The van der Waals surface area contributed by atoms with E-state index in [0.717, 1.165) is 36.4 Å². The van der Waals surface area contributed by atoms with E-state index < -0.39 is 0 Å². The van der Waals surface area contributed by atoms with Crippen molar-refractivity contribution in [1.29, 1.82) is 0 Å². The molecule has 0 bridgehead atoms. The smallest absolute Gasteiger partial charge is 0.253 e. The number of carbonyl (C=O) groups is 1. The molecule has 18 heavy (non-hydrogen) atoms. The summed E-state index contributed by atoms with van der Waals surface area (Å²) < 4.78 is 0. The van der Waals surface area contributed by atoms with E-state index in [2.05, 4.69) is 6.92 Å². The zero-order chi connectivity index (χ0) is 13.0. The van der Waals surface area contributed by atoms with Crippen molar-refractivity contribution < 1.29 is 4.79 Å². The van der Waals surface area contributed by atoms with Gasteiger partial charge in [-0.1, -0.05) is 19.1 Å². The summed E-state index contributed by atoms with van der Waals surface area (Å²) in [5, 5.41) is 0.589. The molecule has 0 aliphatic carbocycles. The van der Waals surface area contributed by atoms with Crippen LogP contribution in [0.3, 0.4) is 0 Å². The Labute approximate surface area is 113 Å². The van der Waals surface area contributed by atoms with E-state index in [1.54, 1.807) is 0 Å². The molecule has 1 amide bonds. The van der Waals surface area contributed by atoms with Crippen molar-refractivity contribution >= 4 is 17.7 Å². The highest BCUT2D eigenvalue weighted by Gasteiger charge is 2.23. The number of hydrogen-bond acceptors (Lipinski definition) is 3. The van der Waals surface area contributed by atoms with Crippen LogP contribution in [-0.4, -0.2) is 34.9 Å². The average molecular weight is 264 g/mol. The lowest BCUT2D eigenvalue weighted by Gasteiger charge is -2.32. The Kier molecular flexibility index (Phi) is 4.66. The molecule has 0 saturated carbocycles. The number of thioether (sulfide) groups is 1. The van der Waals surface area contributed by atoms with Crippen molar-refractivity contribution in [2.24, 2.45) is 5.73 Å². The Morgan fingerprint density at radius 1 is 1.44 bits per heavy atom. The average Bonchev–Trinajstić information content (AvgIpc) is 2.46. The molecule has 1 saturated heterocycles. The van der Waals surface area contributed by atoms with Gasteiger partial charge in [-0.05, 0) is 24.1 Å². The molecule has 2 rings (SSSR count). The van der Waals surface area contributed by atoms with E-state index in [4.69, 9.17) is 5.73 Å². The highest BCUT2D eigenvalue weighted by molar-refractivity contribution is 8.00. The quantitative estimate of drug-likeness (QED) is 0.909. The monoisotopic (exact) mass is 264 g/mol. The largest absolute Gasteiger partial charge is 0.337 e. The number of carbonyl (C=O) groups excluding carboxylic acids is 1. The molecule has 1 atom stereocenters. The van der Waals surface area contributed by atoms with Crippen molar-refractivity contribution in [2.75, 3.05) is 18.8 Å². The zero-order valence-electron chi connectivity index (χ0n) is 10.8. The molecular formula is C14H20N2OS. The Morgan fingerprint density at radius 3 is 2.78 bits per heavy atom. The van der Waals surface area contributed by atoms with Gasteiger partial charge < -0.3 is 10.6 Å². The van der Waals surface area contributed by atoms with Gasteiger partial charge in [0.2, 0.25) is 0 Å². The zero-order valence-corrected chi connectivity index (χ0v) is 11.6. The number of rotatable bonds is 3. The third kappa shape index (κ3) is 3.06. The topological polar surface area (TPSA) is 46.3 Å². The predicted octanol–water partition coefficient (Wildman–Crippen LogP) is 2.11. The molecule has 1 aromatic carbocycles. The van der Waals surface area contributed by atoms with E-state index in [1.807, 2.05) is 40.9 Å². The summed E-state index contributed by atoms with van der Waals surface area (Å²) in [6.07, 6.45) is 1.13. The van der Waals surface area contributed by atoms with Crippen LogP contribution in [0.25, 0.3) is 0 Å². The number of amides is 1. The Hall–Kier alpha value is -1.00. The molecule has 1 unspecified atom stereocenters. The van der Waals surface area contributed by atoms with Gasteiger partial charge in [-0.25, -0.2) is 0 Å². The van der Waals surface area contributed by atoms with E-state index in [9.17, 15) is 4.79 Å². The van der Waals surface area contributed by atoms with Gasteiger partial charge in [-0.3, -0.25) is 4.79 Å². The van der Waals surface area contributed by atoms with Crippen molar-refractivity contribution in [1.82, 2.24) is 4.90 Å². The van der Waals surface area contributed by atoms with Gasteiger partial charge in [0.25, 0.3) is 5.91 Å². The van der Waals surface area contributed by atoms with Crippen LogP contribution in [0.2, 0.25) is 0 Å². The van der Waals surface area contributed by atoms with E-state index in [1.165, 1.54) is 0 Å². The standard InChI is InChI=1S/C14H20N2OS/c1-2-13-10-16(7-8-18-13)14(17)12-5-3-11(9-15)4-6-12/h3-6,13H,2,7-10,15H2,1H3. The number of nitrogens with two attached hydrogens (primary N) is 1. The maximum absolute atomic E-state index is 12.3. The van der Waals surface area contributed by atoms with Gasteiger partial charge >= 0.3 is 0 Å². The second kappa shape index (κ2) is 6.25. The lowest BCUT2D eigenvalue weighted by molar-refractivity contribution is 0.0761. The number of benzene rings is 1. The van der Waals surface area contributed by atoms with E-state index >= 15 is 0 Å². The van der Waals surface area contributed by atoms with Crippen LogP contribution in [0.1, 0.15) is 29.3 Å². The maximum Gasteiger partial charge on any atom is 0.253 e. The third-order valence-electron chi connectivity index (χ3n) is 3.32. The van der Waals surface area contributed by atoms with Crippen LogP contribution in [-0.2, 0) is 6.54 Å². The first kappa shape index (κ1) is 13.4. The SMILES string of the molecule is CCC1CN(C(=O)c2ccc(CN)cc2)CCS1. The van der Waals surface area contributed by atoms with Crippen molar-refractivity contribution in [2.45, 2.75) is 25.1 Å². The minimum Gasteiger partial charge on any atom is -0.337 e. The predicted molar refractivity (Wildman–Crippen MR) is 76.8 cm³/mol. The van der Waals surface area contributed by atoms with Crippen LogP contribution in [0.15, 0.2) is 24.3 Å². The second-order valence-corrected chi connectivity index (χ2v) is 5.96. The number of hydrogen-bond donors (Lipinski definition) is 1. The molecule has 0 spiro atoms. The molecule has 2 N–H and O–H groups in total. The minimum absolute atomic E-state index is 0.150. The molecule has 98 valence electrons. The van der Waals surface area contributed by atoms with Gasteiger partial charge in [-0.2, -0.15) is 11.8 Å². The molecule has 0 radical (unpaired) electrons. The fourth-order valence-corrected chi connectivity index (χ4v) is 3.30. The normalized spacial score (nSPS) is 19.9. The summed E-state index contributed by atoms with van der Waals surface area (Å²) in [5.74, 6) is 1.20. The molecule has 1 aliphatic rings. The summed E-state index contributed by atoms with van der Waals surface area (Å²) in [4.78, 5) is 14.3. The fourth-order valence-electron chi connectivity index (χ4n) is 2.12. The summed E-state index contributed by atoms with van der Waals surface area (Å²) in [6, 6.07) is 7.63. The first-order valence-corrected chi connectivity index (χ1v) is 7.49. The highest BCUT2D eigenvalue weighted by atomic mass is 32.2. The van der Waals surface area contributed by atoms with Gasteiger partial charge in [-0.15, -0.1) is 0 Å². The molecule has 4 heteroatoms. The molecule has 3 nitrogen and oxygen atoms in total. The molecule has 1 aliphatic heterocycles. The molecule has 0 aromatic heterocycles. The van der Waals surface area contributed by atoms with Crippen LogP contribution in [0.4, 0.5) is 0 Å². The number of nitrogens with zero attached hydrogens (tertiary/aromatic N) is 1. The van der Waals surface area contributed by atoms with Crippen LogP contribution < -0.4 is 5.73 Å². The summed E-state index contributed by atoms with van der Waals surface area (Å²) >= 11 is 1.98. The van der Waals surface area contributed by atoms with Crippen molar-refractivity contribution in [3.63, 3.8) is 0 Å². The van der Waals surface area contributed by atoms with Gasteiger partial charge in [0.1, 0.15) is 0 Å². The minimum atomic E-state index is 0.150. The van der Waals surface area contributed by atoms with Crippen LogP contribution in [0, 0.1) is 0 Å². The van der Waals surface area contributed by atoms with E-state index in [0.29, 0.717) is 11.8 Å². The van der Waals surface area contributed by atoms with Gasteiger partial charge in [0.05, 0.1) is 0 Å². The first-order chi connectivity index (χ1) is 8.74. The molecule has 1 aromatic rings. The maximum atomic E-state index is 12.3. The summed E-state index contributed by atoms with van der Waals surface area (Å²) in [5.41, 5.74) is 7.39. The Morgan fingerprint density at radius 2 is 2.17 bits per heavy atom. The Bertz CT molecular complexity index is 405. The van der Waals surface area contributed by atoms with Crippen LogP contribution >= 0.6 is 11.8 Å². The Balaban J connectivity index is 2.05. The van der Waals surface area contributed by atoms with Crippen LogP contribution in [0.5, 0.6) is 0 Å². The first-order valence-electron chi connectivity index (χ1n) is 6.44. The lowest BCUT2D eigenvalue weighted by atomic mass is 10.1. The second-order valence-electron chi connectivity index (χ2n) is 4.55. The lowest BCUT2D eigenvalue weighted by Crippen LogP contribution is -2.41. The van der Waals surface area contributed by atoms with Crippen molar-refractivity contribution in [3.05, 3.63) is 35.4 Å². The molecule has 1 heterocycles. The van der Waals surface area contributed by atoms with Gasteiger partial charge in [0, 0.05) is 36.2 Å². The highest BCUT2D eigenvalue weighted by Crippen LogP contribution is 2.22. The molecule has 1 fully saturated rings. The molecular weight excluding hydrogens is 244 g/mol. The third-order valence-corrected chi connectivity index (χ3v) is 4.69. The fraction of sp³-hybridized carbons (Fsp3) is 0.500. The van der Waals surface area contributed by atoms with E-state index in [-0.39, 0.29) is 5.91 Å². The summed E-state index contributed by atoms with van der Waals surface area (Å²) in [6.45, 7) is 4.44. The van der Waals surface area contributed by atoms with Crippen molar-refractivity contribution in [3.8, 4) is 0 Å².